The summed E-state index contributed by atoms with van der Waals surface area (Å²) >= 11 is 0. The fourth-order valence-electron chi connectivity index (χ4n) is 2.73. The van der Waals surface area contributed by atoms with Crippen LogP contribution in [0.5, 0.6) is 0 Å². The first-order chi connectivity index (χ1) is 12.6. The average Bonchev–Trinajstić information content (AvgIpc) is 3.23. The molecule has 26 heavy (non-hydrogen) atoms. The highest BCUT2D eigenvalue weighted by molar-refractivity contribution is 5.91. The fourth-order valence-corrected chi connectivity index (χ4v) is 2.73. The minimum absolute atomic E-state index is 0.222. The average molecular weight is 350 g/mol. The third-order valence-electron chi connectivity index (χ3n) is 3.97. The van der Waals surface area contributed by atoms with Gasteiger partial charge in [-0.05, 0) is 32.0 Å². The molecular weight excluding hydrogens is 332 g/mol. The number of amides is 2. The Labute approximate surface area is 149 Å². The molecule has 0 aliphatic carbocycles. The summed E-state index contributed by atoms with van der Waals surface area (Å²) in [6, 6.07) is 7.36. The van der Waals surface area contributed by atoms with E-state index < -0.39 is 0 Å². The fraction of sp³-hybridized carbons (Fsp3) is 0.235. The Balaban J connectivity index is 1.44. The lowest BCUT2D eigenvalue weighted by Gasteiger charge is -2.08. The monoisotopic (exact) mass is 350 g/mol. The molecule has 0 aliphatic heterocycles. The van der Waals surface area contributed by atoms with Crippen LogP contribution in [-0.2, 0) is 6.54 Å². The zero-order valence-electron chi connectivity index (χ0n) is 14.4. The Hall–Kier alpha value is -3.49. The van der Waals surface area contributed by atoms with E-state index in [1.54, 1.807) is 12.4 Å². The van der Waals surface area contributed by atoms with Crippen molar-refractivity contribution >= 4 is 28.4 Å². The minimum atomic E-state index is -0.338. The predicted octanol–water partition coefficient (Wildman–Crippen LogP) is 2.38. The van der Waals surface area contributed by atoms with Gasteiger partial charge in [0.05, 0.1) is 24.6 Å². The van der Waals surface area contributed by atoms with Crippen LogP contribution in [0.4, 0.5) is 10.5 Å². The van der Waals surface area contributed by atoms with Gasteiger partial charge in [-0.15, -0.1) is 10.2 Å². The van der Waals surface area contributed by atoms with E-state index in [9.17, 15) is 4.79 Å². The molecule has 4 aromatic rings. The highest BCUT2D eigenvalue weighted by Gasteiger charge is 2.10. The smallest absolute Gasteiger partial charge is 0.319 e. The van der Waals surface area contributed by atoms with Crippen LogP contribution in [0.15, 0.2) is 42.9 Å². The van der Waals surface area contributed by atoms with E-state index in [-0.39, 0.29) is 18.6 Å². The zero-order valence-corrected chi connectivity index (χ0v) is 14.4. The summed E-state index contributed by atoms with van der Waals surface area (Å²) in [5.41, 5.74) is 2.13. The Morgan fingerprint density at radius 1 is 1.23 bits per heavy atom. The van der Waals surface area contributed by atoms with E-state index in [1.165, 1.54) is 0 Å². The van der Waals surface area contributed by atoms with Gasteiger partial charge >= 0.3 is 6.03 Å². The molecule has 0 aliphatic rings. The van der Waals surface area contributed by atoms with E-state index in [0.29, 0.717) is 11.5 Å². The molecule has 0 unspecified atom stereocenters. The minimum Gasteiger partial charge on any atom is -0.331 e. The van der Waals surface area contributed by atoms with Crippen LogP contribution in [0.3, 0.4) is 0 Å². The number of carbonyl (C=O) groups is 1. The topological polar surface area (TPSA) is 102 Å². The number of urea groups is 1. The molecule has 2 N–H and O–H groups in total. The first-order valence-electron chi connectivity index (χ1n) is 8.28. The summed E-state index contributed by atoms with van der Waals surface area (Å²) < 4.78 is 3.67. The van der Waals surface area contributed by atoms with Crippen LogP contribution in [0, 0.1) is 0 Å². The van der Waals surface area contributed by atoms with E-state index in [0.717, 1.165) is 16.7 Å². The summed E-state index contributed by atoms with van der Waals surface area (Å²) in [5, 5.41) is 18.9. The number of nitrogens with zero attached hydrogens (tertiary/aromatic N) is 6. The van der Waals surface area contributed by atoms with Crippen molar-refractivity contribution in [2.75, 3.05) is 5.32 Å². The van der Waals surface area contributed by atoms with E-state index in [4.69, 9.17) is 0 Å². The normalized spacial score (nSPS) is 11.3. The molecule has 0 saturated heterocycles. The van der Waals surface area contributed by atoms with Gasteiger partial charge in [-0.3, -0.25) is 4.40 Å². The standard InChI is InChI=1S/C17H18N8O/c1-11(2)25-16-12(8-20-25)7-13(9-18-16)21-17(26)19-10-15-23-22-14-5-3-4-6-24(14)15/h3-9,11H,10H2,1-2H3,(H2,19,21,26). The van der Waals surface area contributed by atoms with E-state index >= 15 is 0 Å². The van der Waals surface area contributed by atoms with Gasteiger partial charge in [0.15, 0.2) is 17.1 Å². The molecule has 4 heterocycles. The molecule has 4 aromatic heterocycles. The van der Waals surface area contributed by atoms with Crippen LogP contribution in [0.2, 0.25) is 0 Å². The lowest BCUT2D eigenvalue weighted by Crippen LogP contribution is -2.29. The van der Waals surface area contributed by atoms with Gasteiger partial charge in [0.2, 0.25) is 0 Å². The Morgan fingerprint density at radius 2 is 2.12 bits per heavy atom. The molecule has 0 radical (unpaired) electrons. The van der Waals surface area contributed by atoms with Crippen molar-refractivity contribution in [2.24, 2.45) is 0 Å². The number of pyridine rings is 2. The third kappa shape index (κ3) is 2.94. The van der Waals surface area contributed by atoms with Gasteiger partial charge in [0.25, 0.3) is 0 Å². The summed E-state index contributed by atoms with van der Waals surface area (Å²) in [5.74, 6) is 0.655. The van der Waals surface area contributed by atoms with Gasteiger partial charge < -0.3 is 10.6 Å². The summed E-state index contributed by atoms with van der Waals surface area (Å²) in [6.45, 7) is 4.35. The number of carbonyl (C=O) groups excluding carboxylic acids is 1. The van der Waals surface area contributed by atoms with Crippen molar-refractivity contribution < 1.29 is 4.79 Å². The maximum atomic E-state index is 12.2. The molecule has 0 fully saturated rings. The maximum absolute atomic E-state index is 12.2. The van der Waals surface area contributed by atoms with Crippen molar-refractivity contribution in [3.8, 4) is 0 Å². The Morgan fingerprint density at radius 3 is 2.96 bits per heavy atom. The summed E-state index contributed by atoms with van der Waals surface area (Å²) in [7, 11) is 0. The van der Waals surface area contributed by atoms with Gasteiger partial charge in [0, 0.05) is 17.6 Å². The number of nitrogens with one attached hydrogen (secondary N) is 2. The SMILES string of the molecule is CC(C)n1ncc2cc(NC(=O)NCc3nnc4ccccn34)cnc21. The second-order valence-corrected chi connectivity index (χ2v) is 6.17. The number of hydrogen-bond acceptors (Lipinski definition) is 5. The van der Waals surface area contributed by atoms with Crippen molar-refractivity contribution in [3.05, 3.63) is 48.7 Å². The van der Waals surface area contributed by atoms with Crippen molar-refractivity contribution in [3.63, 3.8) is 0 Å². The quantitative estimate of drug-likeness (QED) is 0.588. The number of rotatable bonds is 4. The van der Waals surface area contributed by atoms with Crippen LogP contribution in [0.1, 0.15) is 25.7 Å². The number of aromatic nitrogens is 6. The van der Waals surface area contributed by atoms with E-state index in [1.807, 2.05) is 53.4 Å². The first-order valence-corrected chi connectivity index (χ1v) is 8.28. The van der Waals surface area contributed by atoms with Crippen molar-refractivity contribution in [1.29, 1.82) is 0 Å². The molecule has 9 heteroatoms. The number of fused-ring (bicyclic) bond motifs is 2. The van der Waals surface area contributed by atoms with Crippen molar-refractivity contribution in [1.82, 2.24) is 34.7 Å². The van der Waals surface area contributed by atoms with Gasteiger partial charge in [0.1, 0.15) is 0 Å². The molecule has 4 rings (SSSR count). The largest absolute Gasteiger partial charge is 0.331 e. The predicted molar refractivity (Wildman–Crippen MR) is 96.8 cm³/mol. The van der Waals surface area contributed by atoms with Crippen LogP contribution < -0.4 is 10.6 Å². The molecule has 0 spiro atoms. The van der Waals surface area contributed by atoms with Gasteiger partial charge in [-0.1, -0.05) is 6.07 Å². The molecule has 2 amide bonds. The molecule has 132 valence electrons. The lowest BCUT2D eigenvalue weighted by molar-refractivity contribution is 0.251. The molecule has 0 atom stereocenters. The van der Waals surface area contributed by atoms with E-state index in [2.05, 4.69) is 30.9 Å². The highest BCUT2D eigenvalue weighted by Crippen LogP contribution is 2.18. The molecule has 0 saturated carbocycles. The first kappa shape index (κ1) is 16.0. The van der Waals surface area contributed by atoms with Crippen LogP contribution in [-0.4, -0.2) is 35.4 Å². The molecule has 0 bridgehead atoms. The van der Waals surface area contributed by atoms with Gasteiger partial charge in [-0.2, -0.15) is 5.10 Å². The number of anilines is 1. The molecular formula is C17H18N8O. The van der Waals surface area contributed by atoms with Gasteiger partial charge in [-0.25, -0.2) is 14.5 Å². The molecule has 9 nitrogen and oxygen atoms in total. The highest BCUT2D eigenvalue weighted by atomic mass is 16.2. The molecule has 0 aromatic carbocycles. The van der Waals surface area contributed by atoms with Crippen LogP contribution >= 0.6 is 0 Å². The van der Waals surface area contributed by atoms with Crippen molar-refractivity contribution in [2.45, 2.75) is 26.4 Å². The zero-order chi connectivity index (χ0) is 18.1. The van der Waals surface area contributed by atoms with Crippen LogP contribution in [0.25, 0.3) is 16.7 Å². The Bertz CT molecular complexity index is 1080. The second kappa shape index (κ2) is 6.43. The number of hydrogen-bond donors (Lipinski definition) is 2. The third-order valence-corrected chi connectivity index (χ3v) is 3.97. The summed E-state index contributed by atoms with van der Waals surface area (Å²) in [4.78, 5) is 16.6. The summed E-state index contributed by atoms with van der Waals surface area (Å²) in [6.07, 6.45) is 5.22. The lowest BCUT2D eigenvalue weighted by atomic mass is 10.3. The Kier molecular flexibility index (Phi) is 3.96. The maximum Gasteiger partial charge on any atom is 0.319 e. The second-order valence-electron chi connectivity index (χ2n) is 6.17.